The number of hydrogen-bond acceptors (Lipinski definition) is 3. The number of carboxylic acid groups (broad SMARTS) is 1. The average molecular weight is 261 g/mol. The van der Waals surface area contributed by atoms with Crippen LogP contribution in [0.4, 0.5) is 0 Å². The molecule has 1 N–H and O–H groups in total. The monoisotopic (exact) mass is 261 g/mol. The Kier molecular flexibility index (Phi) is 3.29. The summed E-state index contributed by atoms with van der Waals surface area (Å²) in [5.41, 5.74) is 2.52. The van der Waals surface area contributed by atoms with Crippen molar-refractivity contribution in [1.29, 1.82) is 0 Å². The summed E-state index contributed by atoms with van der Waals surface area (Å²) in [6, 6.07) is 8.58. The zero-order valence-electron chi connectivity index (χ0n) is 11.1. The van der Waals surface area contributed by atoms with Crippen LogP contribution in [0, 0.1) is 5.92 Å². The SMILES string of the molecule is CC1C(C(=O)O)CCN1C1COCc2ccccc21. The molecule has 4 heteroatoms. The van der Waals surface area contributed by atoms with E-state index in [0.29, 0.717) is 13.2 Å². The Morgan fingerprint density at radius 1 is 1.42 bits per heavy atom. The maximum absolute atomic E-state index is 11.2. The fourth-order valence-electron chi connectivity index (χ4n) is 3.37. The van der Waals surface area contributed by atoms with Gasteiger partial charge in [-0.05, 0) is 24.5 Å². The fourth-order valence-corrected chi connectivity index (χ4v) is 3.37. The van der Waals surface area contributed by atoms with Gasteiger partial charge in [0.2, 0.25) is 0 Å². The lowest BCUT2D eigenvalue weighted by atomic mass is 9.96. The first kappa shape index (κ1) is 12.6. The van der Waals surface area contributed by atoms with Gasteiger partial charge in [0.05, 0.1) is 25.2 Å². The molecule has 4 nitrogen and oxygen atoms in total. The Labute approximate surface area is 113 Å². The normalized spacial score (nSPS) is 31.1. The maximum Gasteiger partial charge on any atom is 0.308 e. The van der Waals surface area contributed by atoms with Crippen molar-refractivity contribution >= 4 is 5.97 Å². The minimum atomic E-state index is -0.681. The van der Waals surface area contributed by atoms with E-state index < -0.39 is 5.97 Å². The van der Waals surface area contributed by atoms with Crippen molar-refractivity contribution in [2.75, 3.05) is 13.2 Å². The van der Waals surface area contributed by atoms with E-state index in [4.69, 9.17) is 4.74 Å². The van der Waals surface area contributed by atoms with Crippen molar-refractivity contribution in [2.24, 2.45) is 5.92 Å². The summed E-state index contributed by atoms with van der Waals surface area (Å²) in [6.45, 7) is 4.18. The minimum Gasteiger partial charge on any atom is -0.481 e. The third-order valence-corrected chi connectivity index (χ3v) is 4.47. The minimum absolute atomic E-state index is 0.0669. The van der Waals surface area contributed by atoms with E-state index >= 15 is 0 Å². The molecule has 2 aliphatic heterocycles. The number of carbonyl (C=O) groups is 1. The van der Waals surface area contributed by atoms with E-state index in [2.05, 4.69) is 17.0 Å². The van der Waals surface area contributed by atoms with Crippen LogP contribution >= 0.6 is 0 Å². The molecule has 3 rings (SSSR count). The summed E-state index contributed by atoms with van der Waals surface area (Å²) in [5, 5.41) is 9.24. The fraction of sp³-hybridized carbons (Fsp3) is 0.533. The van der Waals surface area contributed by atoms with Gasteiger partial charge >= 0.3 is 5.97 Å². The van der Waals surface area contributed by atoms with Gasteiger partial charge in [-0.2, -0.15) is 0 Å². The van der Waals surface area contributed by atoms with Crippen LogP contribution in [0.5, 0.6) is 0 Å². The summed E-state index contributed by atoms with van der Waals surface area (Å²) in [7, 11) is 0. The zero-order valence-corrected chi connectivity index (χ0v) is 11.1. The summed E-state index contributed by atoms with van der Waals surface area (Å²) >= 11 is 0. The molecule has 3 atom stereocenters. The second-order valence-electron chi connectivity index (χ2n) is 5.44. The molecule has 0 aliphatic carbocycles. The van der Waals surface area contributed by atoms with Gasteiger partial charge in [0.25, 0.3) is 0 Å². The van der Waals surface area contributed by atoms with Crippen LogP contribution in [0.15, 0.2) is 24.3 Å². The van der Waals surface area contributed by atoms with Crippen LogP contribution in [0.25, 0.3) is 0 Å². The van der Waals surface area contributed by atoms with Crippen LogP contribution in [0.2, 0.25) is 0 Å². The Bertz CT molecular complexity index is 488. The van der Waals surface area contributed by atoms with Gasteiger partial charge in [-0.3, -0.25) is 9.69 Å². The largest absolute Gasteiger partial charge is 0.481 e. The van der Waals surface area contributed by atoms with Gasteiger partial charge in [-0.25, -0.2) is 0 Å². The molecule has 0 radical (unpaired) electrons. The van der Waals surface area contributed by atoms with Gasteiger partial charge < -0.3 is 9.84 Å². The van der Waals surface area contributed by atoms with E-state index in [1.807, 2.05) is 19.1 Å². The number of aliphatic carboxylic acids is 1. The molecule has 0 aromatic heterocycles. The molecule has 0 spiro atoms. The number of likely N-dealkylation sites (tertiary alicyclic amines) is 1. The molecule has 1 aromatic carbocycles. The quantitative estimate of drug-likeness (QED) is 0.885. The van der Waals surface area contributed by atoms with Crippen LogP contribution in [-0.2, 0) is 16.1 Å². The lowest BCUT2D eigenvalue weighted by molar-refractivity contribution is -0.142. The van der Waals surface area contributed by atoms with Crippen molar-refractivity contribution in [3.8, 4) is 0 Å². The highest BCUT2D eigenvalue weighted by Crippen LogP contribution is 2.36. The second kappa shape index (κ2) is 4.94. The Morgan fingerprint density at radius 3 is 2.95 bits per heavy atom. The summed E-state index contributed by atoms with van der Waals surface area (Å²) < 4.78 is 5.68. The van der Waals surface area contributed by atoms with Crippen LogP contribution < -0.4 is 0 Å². The first-order valence-electron chi connectivity index (χ1n) is 6.82. The standard InChI is InChI=1S/C15H19NO3/c1-10-12(15(17)18)6-7-16(10)14-9-19-8-11-4-2-3-5-13(11)14/h2-5,10,12,14H,6-9H2,1H3,(H,17,18). The molecule has 2 heterocycles. The highest BCUT2D eigenvalue weighted by molar-refractivity contribution is 5.71. The van der Waals surface area contributed by atoms with E-state index in [0.717, 1.165) is 13.0 Å². The first-order chi connectivity index (χ1) is 9.18. The first-order valence-corrected chi connectivity index (χ1v) is 6.82. The van der Waals surface area contributed by atoms with Crippen LogP contribution in [0.3, 0.4) is 0 Å². The van der Waals surface area contributed by atoms with Gasteiger partial charge in [-0.1, -0.05) is 24.3 Å². The predicted molar refractivity (Wildman–Crippen MR) is 70.7 cm³/mol. The van der Waals surface area contributed by atoms with Gasteiger partial charge in [0.1, 0.15) is 0 Å². The summed E-state index contributed by atoms with van der Waals surface area (Å²) in [4.78, 5) is 13.5. The number of fused-ring (bicyclic) bond motifs is 1. The number of benzene rings is 1. The number of carboxylic acids is 1. The Morgan fingerprint density at radius 2 is 2.21 bits per heavy atom. The summed E-state index contributed by atoms with van der Waals surface area (Å²) in [6.07, 6.45) is 0.731. The molecular formula is C15H19NO3. The predicted octanol–water partition coefficient (Wildman–Crippen LogP) is 2.05. The lowest BCUT2D eigenvalue weighted by Crippen LogP contribution is -2.39. The maximum atomic E-state index is 11.2. The third kappa shape index (κ3) is 2.15. The molecule has 19 heavy (non-hydrogen) atoms. The molecule has 1 fully saturated rings. The molecule has 102 valence electrons. The smallest absolute Gasteiger partial charge is 0.308 e. The number of rotatable bonds is 2. The lowest BCUT2D eigenvalue weighted by Gasteiger charge is -2.36. The van der Waals surface area contributed by atoms with E-state index in [1.54, 1.807) is 0 Å². The molecule has 3 unspecified atom stereocenters. The molecule has 1 saturated heterocycles. The van der Waals surface area contributed by atoms with Crippen molar-refractivity contribution in [3.05, 3.63) is 35.4 Å². The molecule has 2 aliphatic rings. The van der Waals surface area contributed by atoms with Gasteiger partial charge in [0, 0.05) is 12.6 Å². The topological polar surface area (TPSA) is 49.8 Å². The Hall–Kier alpha value is -1.39. The van der Waals surface area contributed by atoms with Crippen molar-refractivity contribution < 1.29 is 14.6 Å². The highest BCUT2D eigenvalue weighted by Gasteiger charge is 2.40. The third-order valence-electron chi connectivity index (χ3n) is 4.47. The zero-order chi connectivity index (χ0) is 13.4. The van der Waals surface area contributed by atoms with Gasteiger partial charge in [-0.15, -0.1) is 0 Å². The van der Waals surface area contributed by atoms with E-state index in [1.165, 1.54) is 11.1 Å². The number of nitrogens with zero attached hydrogens (tertiary/aromatic N) is 1. The highest BCUT2D eigenvalue weighted by atomic mass is 16.5. The van der Waals surface area contributed by atoms with E-state index in [9.17, 15) is 9.90 Å². The number of hydrogen-bond donors (Lipinski definition) is 1. The molecular weight excluding hydrogens is 242 g/mol. The average Bonchev–Trinajstić information content (AvgIpc) is 2.80. The van der Waals surface area contributed by atoms with E-state index in [-0.39, 0.29) is 18.0 Å². The van der Waals surface area contributed by atoms with Gasteiger partial charge in [0.15, 0.2) is 0 Å². The second-order valence-corrected chi connectivity index (χ2v) is 5.44. The molecule has 1 aromatic rings. The summed E-state index contributed by atoms with van der Waals surface area (Å²) in [5.74, 6) is -0.936. The van der Waals surface area contributed by atoms with Crippen LogP contribution in [-0.4, -0.2) is 35.2 Å². The van der Waals surface area contributed by atoms with Crippen molar-refractivity contribution in [3.63, 3.8) is 0 Å². The molecule has 0 amide bonds. The Balaban J connectivity index is 1.87. The van der Waals surface area contributed by atoms with Crippen molar-refractivity contribution in [1.82, 2.24) is 4.90 Å². The molecule has 0 bridgehead atoms. The molecule has 0 saturated carbocycles. The van der Waals surface area contributed by atoms with Crippen LogP contribution in [0.1, 0.15) is 30.5 Å². The number of ether oxygens (including phenoxy) is 1. The van der Waals surface area contributed by atoms with Crippen molar-refractivity contribution in [2.45, 2.75) is 32.0 Å².